The fourth-order valence-corrected chi connectivity index (χ4v) is 3.26. The second-order valence-corrected chi connectivity index (χ2v) is 7.68. The van der Waals surface area contributed by atoms with E-state index in [1.807, 2.05) is 26.0 Å². The zero-order valence-electron chi connectivity index (χ0n) is 14.3. The molecule has 1 unspecified atom stereocenters. The Hall–Kier alpha value is -2.38. The normalized spacial score (nSPS) is 12.4. The molecule has 0 radical (unpaired) electrons. The van der Waals surface area contributed by atoms with Gasteiger partial charge in [0.05, 0.1) is 10.6 Å². The summed E-state index contributed by atoms with van der Waals surface area (Å²) < 4.78 is 27.5. The number of hydrogen-bond donors (Lipinski definition) is 3. The number of aryl methyl sites for hydroxylation is 1. The lowest BCUT2D eigenvalue weighted by Crippen LogP contribution is -2.31. The molecule has 0 aliphatic carbocycles. The van der Waals surface area contributed by atoms with Gasteiger partial charge in [-0.3, -0.25) is 9.52 Å². The molecule has 0 fully saturated rings. The average Bonchev–Trinajstić information content (AvgIpc) is 2.61. The van der Waals surface area contributed by atoms with Gasteiger partial charge in [0.1, 0.15) is 0 Å². The van der Waals surface area contributed by atoms with Gasteiger partial charge in [-0.1, -0.05) is 25.1 Å². The Bertz CT molecular complexity index is 833. The summed E-state index contributed by atoms with van der Waals surface area (Å²) in [4.78, 5) is 12.1. The van der Waals surface area contributed by atoms with E-state index >= 15 is 0 Å². The Labute approximate surface area is 148 Å². The molecule has 0 spiro atoms. The van der Waals surface area contributed by atoms with E-state index in [9.17, 15) is 13.2 Å². The summed E-state index contributed by atoms with van der Waals surface area (Å²) in [7, 11) is -3.71. The van der Waals surface area contributed by atoms with Crippen LogP contribution >= 0.6 is 0 Å². The number of carbonyl (C=O) groups excluding carboxylic acids is 1. The minimum Gasteiger partial charge on any atom is -0.352 e. The van der Waals surface area contributed by atoms with Crippen molar-refractivity contribution < 1.29 is 13.2 Å². The van der Waals surface area contributed by atoms with Gasteiger partial charge in [-0.25, -0.2) is 8.42 Å². The van der Waals surface area contributed by atoms with Crippen LogP contribution in [0.4, 0.5) is 5.69 Å². The monoisotopic (exact) mass is 361 g/mol. The number of amides is 1. The molecule has 25 heavy (non-hydrogen) atoms. The Balaban J connectivity index is 2.10. The molecule has 1 amide bonds. The quantitative estimate of drug-likeness (QED) is 0.703. The predicted molar refractivity (Wildman–Crippen MR) is 99.0 cm³/mol. The maximum atomic E-state index is 12.5. The largest absolute Gasteiger partial charge is 0.352 e. The average molecular weight is 361 g/mol. The number of hydrogen-bond acceptors (Lipinski definition) is 4. The number of para-hydroxylation sites is 1. The van der Waals surface area contributed by atoms with Crippen LogP contribution < -0.4 is 15.8 Å². The van der Waals surface area contributed by atoms with Crippen molar-refractivity contribution in [2.75, 3.05) is 17.8 Å². The smallest absolute Gasteiger partial charge is 0.261 e. The van der Waals surface area contributed by atoms with Gasteiger partial charge in [-0.15, -0.1) is 0 Å². The van der Waals surface area contributed by atoms with Gasteiger partial charge < -0.3 is 11.1 Å². The molecule has 2 aromatic carbocycles. The van der Waals surface area contributed by atoms with Gasteiger partial charge in [0, 0.05) is 12.1 Å². The van der Waals surface area contributed by atoms with Crippen molar-refractivity contribution in [2.45, 2.75) is 18.7 Å². The van der Waals surface area contributed by atoms with Gasteiger partial charge in [-0.2, -0.15) is 0 Å². The Morgan fingerprint density at radius 1 is 1.12 bits per heavy atom. The molecule has 2 aromatic rings. The summed E-state index contributed by atoms with van der Waals surface area (Å²) in [5, 5.41) is 2.77. The molecule has 0 aromatic heterocycles. The summed E-state index contributed by atoms with van der Waals surface area (Å²) in [6.45, 7) is 4.73. The zero-order valence-corrected chi connectivity index (χ0v) is 15.1. The molecular formula is C18H23N3O3S. The van der Waals surface area contributed by atoms with Crippen molar-refractivity contribution in [1.29, 1.82) is 0 Å². The van der Waals surface area contributed by atoms with Gasteiger partial charge in [0.15, 0.2) is 0 Å². The molecule has 0 saturated carbocycles. The molecular weight excluding hydrogens is 338 g/mol. The van der Waals surface area contributed by atoms with Crippen LogP contribution in [0, 0.1) is 12.8 Å². The summed E-state index contributed by atoms with van der Waals surface area (Å²) in [6, 6.07) is 13.0. The molecule has 0 aliphatic heterocycles. The maximum absolute atomic E-state index is 12.5. The molecule has 134 valence electrons. The van der Waals surface area contributed by atoms with Crippen molar-refractivity contribution in [2.24, 2.45) is 11.7 Å². The molecule has 4 N–H and O–H groups in total. The fraction of sp³-hybridized carbons (Fsp3) is 0.278. The lowest BCUT2D eigenvalue weighted by molar-refractivity contribution is 0.0948. The summed E-state index contributed by atoms with van der Waals surface area (Å²) in [5.41, 5.74) is 7.27. The van der Waals surface area contributed by atoms with Gasteiger partial charge in [-0.05, 0) is 55.3 Å². The highest BCUT2D eigenvalue weighted by Gasteiger charge is 2.16. The highest BCUT2D eigenvalue weighted by atomic mass is 32.2. The maximum Gasteiger partial charge on any atom is 0.261 e. The molecule has 0 bridgehead atoms. The Morgan fingerprint density at radius 2 is 1.76 bits per heavy atom. The van der Waals surface area contributed by atoms with Crippen LogP contribution in [0.15, 0.2) is 53.4 Å². The molecule has 6 nitrogen and oxygen atoms in total. The minimum absolute atomic E-state index is 0.0997. The zero-order chi connectivity index (χ0) is 18.4. The number of nitrogens with two attached hydrogens (primary N) is 1. The predicted octanol–water partition coefficient (Wildman–Crippen LogP) is 2.12. The van der Waals surface area contributed by atoms with Crippen molar-refractivity contribution in [3.8, 4) is 0 Å². The standard InChI is InChI=1S/C18H23N3O3S/c1-13(11-19)12-20-18(22)15-7-9-16(10-8-15)25(23,24)21-17-6-4-3-5-14(17)2/h3-10,13,21H,11-12,19H2,1-2H3,(H,20,22). The molecule has 0 aliphatic rings. The first kappa shape index (κ1) is 19.0. The summed E-state index contributed by atoms with van der Waals surface area (Å²) in [6.07, 6.45) is 0. The van der Waals surface area contributed by atoms with Crippen LogP contribution in [-0.2, 0) is 10.0 Å². The first-order valence-corrected chi connectivity index (χ1v) is 9.48. The van der Waals surface area contributed by atoms with Crippen molar-refractivity contribution in [3.05, 3.63) is 59.7 Å². The topological polar surface area (TPSA) is 101 Å². The number of benzene rings is 2. The first-order chi connectivity index (χ1) is 11.8. The van der Waals surface area contributed by atoms with Gasteiger partial charge in [0.25, 0.3) is 15.9 Å². The van der Waals surface area contributed by atoms with Gasteiger partial charge in [0.2, 0.25) is 0 Å². The van der Waals surface area contributed by atoms with E-state index in [4.69, 9.17) is 5.73 Å². The molecule has 1 atom stereocenters. The third-order valence-electron chi connectivity index (χ3n) is 3.83. The van der Waals surface area contributed by atoms with E-state index in [2.05, 4.69) is 10.0 Å². The lowest BCUT2D eigenvalue weighted by Gasteiger charge is -2.12. The van der Waals surface area contributed by atoms with Crippen molar-refractivity contribution in [1.82, 2.24) is 5.32 Å². The second kappa shape index (κ2) is 8.13. The van der Waals surface area contributed by atoms with E-state index in [1.54, 1.807) is 12.1 Å². The van der Waals surface area contributed by atoms with Crippen LogP contribution in [0.5, 0.6) is 0 Å². The number of rotatable bonds is 7. The number of carbonyl (C=O) groups is 1. The number of sulfonamides is 1. The number of nitrogens with one attached hydrogen (secondary N) is 2. The van der Waals surface area contributed by atoms with E-state index in [-0.39, 0.29) is 16.7 Å². The van der Waals surface area contributed by atoms with E-state index in [0.29, 0.717) is 24.3 Å². The van der Waals surface area contributed by atoms with E-state index in [0.717, 1.165) is 5.56 Å². The SMILES string of the molecule is Cc1ccccc1NS(=O)(=O)c1ccc(C(=O)NCC(C)CN)cc1. The molecule has 2 rings (SSSR count). The minimum atomic E-state index is -3.71. The third-order valence-corrected chi connectivity index (χ3v) is 5.21. The van der Waals surface area contributed by atoms with Crippen LogP contribution in [0.2, 0.25) is 0 Å². The number of anilines is 1. The lowest BCUT2D eigenvalue weighted by atomic mass is 10.1. The van der Waals surface area contributed by atoms with E-state index < -0.39 is 10.0 Å². The summed E-state index contributed by atoms with van der Waals surface area (Å²) in [5.74, 6) is -0.0713. The van der Waals surface area contributed by atoms with Crippen LogP contribution in [-0.4, -0.2) is 27.4 Å². The molecule has 7 heteroatoms. The Kier molecular flexibility index (Phi) is 6.17. The van der Waals surface area contributed by atoms with Crippen LogP contribution in [0.1, 0.15) is 22.8 Å². The highest BCUT2D eigenvalue weighted by Crippen LogP contribution is 2.19. The molecule has 0 heterocycles. The van der Waals surface area contributed by atoms with Crippen molar-refractivity contribution in [3.63, 3.8) is 0 Å². The Morgan fingerprint density at radius 3 is 2.36 bits per heavy atom. The van der Waals surface area contributed by atoms with Crippen LogP contribution in [0.3, 0.4) is 0 Å². The second-order valence-electron chi connectivity index (χ2n) is 6.00. The van der Waals surface area contributed by atoms with Crippen molar-refractivity contribution >= 4 is 21.6 Å². The summed E-state index contributed by atoms with van der Waals surface area (Å²) >= 11 is 0. The molecule has 0 saturated heterocycles. The first-order valence-electron chi connectivity index (χ1n) is 8.00. The third kappa shape index (κ3) is 5.04. The van der Waals surface area contributed by atoms with E-state index in [1.165, 1.54) is 24.3 Å². The van der Waals surface area contributed by atoms with Crippen LogP contribution in [0.25, 0.3) is 0 Å². The van der Waals surface area contributed by atoms with Gasteiger partial charge >= 0.3 is 0 Å². The highest BCUT2D eigenvalue weighted by molar-refractivity contribution is 7.92. The fourth-order valence-electron chi connectivity index (χ4n) is 2.13.